The first kappa shape index (κ1) is 13.1. The monoisotopic (exact) mass is 272 g/mol. The molecule has 2 rings (SSSR count). The van der Waals surface area contributed by atoms with E-state index < -0.39 is 11.3 Å². The summed E-state index contributed by atoms with van der Waals surface area (Å²) in [6.45, 7) is 3.02. The molecule has 1 saturated heterocycles. The second kappa shape index (κ2) is 6.03. The van der Waals surface area contributed by atoms with Crippen molar-refractivity contribution in [3.05, 3.63) is 18.2 Å². The summed E-state index contributed by atoms with van der Waals surface area (Å²) in [7, 11) is 1.52. The summed E-state index contributed by atoms with van der Waals surface area (Å²) in [5, 5.41) is 0. The van der Waals surface area contributed by atoms with Gasteiger partial charge in [-0.15, -0.1) is 0 Å². The lowest BCUT2D eigenvalue weighted by atomic mass is 10.2. The van der Waals surface area contributed by atoms with Crippen molar-refractivity contribution in [1.29, 1.82) is 0 Å². The Hall–Kier alpha value is -1.31. The Balaban J connectivity index is 2.23. The number of methoxy groups -OCH3 is 1. The van der Waals surface area contributed by atoms with E-state index in [9.17, 15) is 4.21 Å². The number of morpholine rings is 1. The number of ether oxygens (including phenoxy) is 2. The molecular formula is C11H16N2O4S. The molecule has 0 radical (unpaired) electrons. The van der Waals surface area contributed by atoms with Crippen LogP contribution >= 0.6 is 0 Å². The average Bonchev–Trinajstić information content (AvgIpc) is 2.39. The maximum absolute atomic E-state index is 10.8. The van der Waals surface area contributed by atoms with Gasteiger partial charge in [0.2, 0.25) is 0 Å². The minimum absolute atomic E-state index is 0.502. The fourth-order valence-corrected chi connectivity index (χ4v) is 2.24. The molecule has 18 heavy (non-hydrogen) atoms. The highest BCUT2D eigenvalue weighted by atomic mass is 32.2. The number of hydrogen-bond acceptors (Lipinski definition) is 4. The molecule has 7 heteroatoms. The lowest BCUT2D eigenvalue weighted by molar-refractivity contribution is 0.122. The van der Waals surface area contributed by atoms with E-state index in [0.717, 1.165) is 18.8 Å². The molecule has 0 bridgehead atoms. The fourth-order valence-electron chi connectivity index (χ4n) is 1.89. The Morgan fingerprint density at radius 1 is 1.44 bits per heavy atom. The van der Waals surface area contributed by atoms with Gasteiger partial charge in [-0.25, -0.2) is 4.21 Å². The van der Waals surface area contributed by atoms with Crippen molar-refractivity contribution < 1.29 is 18.2 Å². The molecule has 1 heterocycles. The van der Waals surface area contributed by atoms with Crippen LogP contribution in [-0.2, 0) is 16.0 Å². The summed E-state index contributed by atoms with van der Waals surface area (Å²) >= 11 is -2.11. The van der Waals surface area contributed by atoms with Crippen molar-refractivity contribution in [2.24, 2.45) is 0 Å². The lowest BCUT2D eigenvalue weighted by Gasteiger charge is -2.29. The Kier molecular flexibility index (Phi) is 4.40. The van der Waals surface area contributed by atoms with E-state index in [1.807, 2.05) is 6.07 Å². The van der Waals surface area contributed by atoms with Gasteiger partial charge >= 0.3 is 0 Å². The first-order valence-corrected chi connectivity index (χ1v) is 6.69. The smallest absolute Gasteiger partial charge is 0.259 e. The third-order valence-electron chi connectivity index (χ3n) is 2.76. The van der Waals surface area contributed by atoms with Gasteiger partial charge in [-0.2, -0.15) is 0 Å². The van der Waals surface area contributed by atoms with Gasteiger partial charge in [0.25, 0.3) is 11.3 Å². The number of nitrogens with one attached hydrogen (secondary N) is 1. The van der Waals surface area contributed by atoms with Crippen LogP contribution in [0.4, 0.5) is 11.4 Å². The van der Waals surface area contributed by atoms with Crippen LogP contribution in [0.1, 0.15) is 0 Å². The second-order valence-corrected chi connectivity index (χ2v) is 4.54. The van der Waals surface area contributed by atoms with Crippen LogP contribution in [0, 0.1) is 0 Å². The van der Waals surface area contributed by atoms with Gasteiger partial charge in [0.05, 0.1) is 26.0 Å². The fraction of sp³-hybridized carbons (Fsp3) is 0.455. The largest absolute Gasteiger partial charge is 0.495 e. The SMILES string of the molecule is COc1ccc(N2CCOCC2)cc1NS(=O)O. The van der Waals surface area contributed by atoms with E-state index >= 15 is 0 Å². The van der Waals surface area contributed by atoms with Crippen molar-refractivity contribution in [1.82, 2.24) is 0 Å². The van der Waals surface area contributed by atoms with E-state index in [1.165, 1.54) is 7.11 Å². The van der Waals surface area contributed by atoms with Crippen LogP contribution in [0.25, 0.3) is 0 Å². The minimum atomic E-state index is -2.11. The Bertz CT molecular complexity index is 435. The standard InChI is InChI=1S/C11H16N2O4S/c1-16-11-3-2-9(8-10(11)12-18(14)15)13-4-6-17-7-5-13/h2-3,8,12H,4-7H2,1H3,(H,14,15). The first-order valence-electron chi connectivity index (χ1n) is 5.59. The van der Waals surface area contributed by atoms with Crippen LogP contribution in [0.2, 0.25) is 0 Å². The van der Waals surface area contributed by atoms with Gasteiger partial charge in [-0.1, -0.05) is 0 Å². The van der Waals surface area contributed by atoms with Gasteiger partial charge in [0.15, 0.2) is 0 Å². The molecule has 0 saturated carbocycles. The molecule has 1 aromatic rings. The Labute approximate surface area is 108 Å². The zero-order valence-corrected chi connectivity index (χ0v) is 10.9. The van der Waals surface area contributed by atoms with Gasteiger partial charge in [-0.05, 0) is 18.2 Å². The van der Waals surface area contributed by atoms with Crippen LogP contribution in [-0.4, -0.2) is 42.2 Å². The van der Waals surface area contributed by atoms with Crippen molar-refractivity contribution in [2.75, 3.05) is 43.0 Å². The van der Waals surface area contributed by atoms with Crippen molar-refractivity contribution in [3.8, 4) is 5.75 Å². The molecule has 100 valence electrons. The van der Waals surface area contributed by atoms with E-state index in [4.69, 9.17) is 14.0 Å². The summed E-state index contributed by atoms with van der Waals surface area (Å²) in [4.78, 5) is 2.16. The lowest BCUT2D eigenvalue weighted by Crippen LogP contribution is -2.36. The van der Waals surface area contributed by atoms with Crippen LogP contribution < -0.4 is 14.4 Å². The molecule has 0 amide bonds. The number of rotatable bonds is 4. The van der Waals surface area contributed by atoms with E-state index in [2.05, 4.69) is 9.62 Å². The molecule has 0 spiro atoms. The zero-order chi connectivity index (χ0) is 13.0. The zero-order valence-electron chi connectivity index (χ0n) is 10.1. The summed E-state index contributed by atoms with van der Waals surface area (Å²) in [5.74, 6) is 0.536. The van der Waals surface area contributed by atoms with Gasteiger partial charge < -0.3 is 14.4 Å². The number of hydrogen-bond donors (Lipinski definition) is 2. The first-order chi connectivity index (χ1) is 8.70. The highest BCUT2D eigenvalue weighted by Crippen LogP contribution is 2.30. The second-order valence-electron chi connectivity index (χ2n) is 3.84. The van der Waals surface area contributed by atoms with Crippen molar-refractivity contribution >= 4 is 22.6 Å². The number of benzene rings is 1. The van der Waals surface area contributed by atoms with Gasteiger partial charge in [0, 0.05) is 18.8 Å². The summed E-state index contributed by atoms with van der Waals surface area (Å²) in [6.07, 6.45) is 0. The van der Waals surface area contributed by atoms with Crippen LogP contribution in [0.3, 0.4) is 0 Å². The van der Waals surface area contributed by atoms with Crippen LogP contribution in [0.5, 0.6) is 5.75 Å². The maximum Gasteiger partial charge on any atom is 0.259 e. The van der Waals surface area contributed by atoms with Gasteiger partial charge in [-0.3, -0.25) is 9.27 Å². The van der Waals surface area contributed by atoms with E-state index in [1.54, 1.807) is 12.1 Å². The van der Waals surface area contributed by atoms with E-state index in [0.29, 0.717) is 24.7 Å². The summed E-state index contributed by atoms with van der Waals surface area (Å²) < 4.78 is 32.6. The highest BCUT2D eigenvalue weighted by molar-refractivity contribution is 7.80. The van der Waals surface area contributed by atoms with Crippen molar-refractivity contribution in [3.63, 3.8) is 0 Å². The molecule has 1 atom stereocenters. The quantitative estimate of drug-likeness (QED) is 0.803. The summed E-state index contributed by atoms with van der Waals surface area (Å²) in [5.41, 5.74) is 1.48. The molecule has 6 nitrogen and oxygen atoms in total. The highest BCUT2D eigenvalue weighted by Gasteiger charge is 2.14. The minimum Gasteiger partial charge on any atom is -0.495 e. The maximum atomic E-state index is 10.8. The molecular weight excluding hydrogens is 256 g/mol. The van der Waals surface area contributed by atoms with Crippen molar-refractivity contribution in [2.45, 2.75) is 0 Å². The molecule has 1 aromatic carbocycles. The summed E-state index contributed by atoms with van der Waals surface area (Å²) in [6, 6.07) is 5.51. The third kappa shape index (κ3) is 3.12. The van der Waals surface area contributed by atoms with Gasteiger partial charge in [0.1, 0.15) is 5.75 Å². The number of anilines is 2. The third-order valence-corrected chi connectivity index (χ3v) is 3.15. The molecule has 0 aromatic heterocycles. The normalized spacial score (nSPS) is 17.3. The number of nitrogens with zero attached hydrogens (tertiary/aromatic N) is 1. The molecule has 2 N–H and O–H groups in total. The predicted molar refractivity (Wildman–Crippen MR) is 70.4 cm³/mol. The predicted octanol–water partition coefficient (Wildman–Crippen LogP) is 1.08. The molecule has 1 aliphatic rings. The molecule has 1 fully saturated rings. The van der Waals surface area contributed by atoms with E-state index in [-0.39, 0.29) is 0 Å². The topological polar surface area (TPSA) is 71.0 Å². The van der Waals surface area contributed by atoms with Crippen LogP contribution in [0.15, 0.2) is 18.2 Å². The molecule has 0 aliphatic carbocycles. The molecule has 1 unspecified atom stereocenters. The molecule has 1 aliphatic heterocycles. The average molecular weight is 272 g/mol. The Morgan fingerprint density at radius 2 is 2.17 bits per heavy atom. The Morgan fingerprint density at radius 3 is 2.78 bits per heavy atom.